The lowest BCUT2D eigenvalue weighted by molar-refractivity contribution is -0.124. The van der Waals surface area contributed by atoms with Crippen LogP contribution in [0.25, 0.3) is 0 Å². The van der Waals surface area contributed by atoms with Crippen molar-refractivity contribution in [1.82, 2.24) is 30.0 Å². The Morgan fingerprint density at radius 3 is 2.94 bits per heavy atom. The van der Waals surface area contributed by atoms with Gasteiger partial charge in [-0.3, -0.25) is 4.79 Å². The van der Waals surface area contributed by atoms with E-state index in [0.29, 0.717) is 0 Å². The number of nitrogens with one attached hydrogen (secondary N) is 2. The average Bonchev–Trinajstić information content (AvgIpc) is 3.00. The first-order valence-electron chi connectivity index (χ1n) is 5.32. The second-order valence-corrected chi connectivity index (χ2v) is 3.76. The molecule has 2 aromatic rings. The zero-order valence-electron chi connectivity index (χ0n) is 9.66. The molecule has 2 rings (SSSR count). The topological polar surface area (TPSA) is 88.5 Å². The average molecular weight is 234 g/mol. The molecule has 17 heavy (non-hydrogen) atoms. The molecule has 0 saturated heterocycles. The van der Waals surface area contributed by atoms with Gasteiger partial charge in [-0.2, -0.15) is 5.10 Å². The van der Waals surface area contributed by atoms with Crippen LogP contribution in [-0.4, -0.2) is 30.6 Å². The fourth-order valence-electron chi connectivity index (χ4n) is 1.45. The van der Waals surface area contributed by atoms with Gasteiger partial charge in [0.05, 0.1) is 6.04 Å². The summed E-state index contributed by atoms with van der Waals surface area (Å²) in [5, 5.41) is 6.78. The molecule has 2 heterocycles. The Balaban J connectivity index is 1.98. The number of aromatic nitrogens is 5. The first-order chi connectivity index (χ1) is 8.18. The van der Waals surface area contributed by atoms with Gasteiger partial charge in [-0.1, -0.05) is 0 Å². The summed E-state index contributed by atoms with van der Waals surface area (Å²) in [6, 6.07) is -0.557. The quantitative estimate of drug-likeness (QED) is 0.803. The molecule has 2 atom stereocenters. The summed E-state index contributed by atoms with van der Waals surface area (Å²) in [5.41, 5.74) is 0. The molecule has 0 bridgehead atoms. The van der Waals surface area contributed by atoms with Crippen molar-refractivity contribution < 1.29 is 4.79 Å². The molecule has 90 valence electrons. The third-order valence-electron chi connectivity index (χ3n) is 2.50. The lowest BCUT2D eigenvalue weighted by Crippen LogP contribution is -2.33. The zero-order chi connectivity index (χ0) is 12.3. The molecule has 0 radical (unpaired) electrons. The van der Waals surface area contributed by atoms with Crippen LogP contribution < -0.4 is 5.32 Å². The first kappa shape index (κ1) is 11.3. The van der Waals surface area contributed by atoms with E-state index in [2.05, 4.69) is 25.4 Å². The van der Waals surface area contributed by atoms with Gasteiger partial charge in [-0.25, -0.2) is 14.6 Å². The minimum atomic E-state index is -0.394. The van der Waals surface area contributed by atoms with Gasteiger partial charge in [-0.15, -0.1) is 0 Å². The minimum absolute atomic E-state index is 0.126. The molecule has 0 spiro atoms. The second-order valence-electron chi connectivity index (χ2n) is 3.76. The van der Waals surface area contributed by atoms with Gasteiger partial charge in [-0.05, 0) is 13.8 Å². The third-order valence-corrected chi connectivity index (χ3v) is 2.50. The number of imidazole rings is 1. The van der Waals surface area contributed by atoms with Gasteiger partial charge < -0.3 is 10.3 Å². The number of carbonyl (C=O) groups excluding carboxylic acids is 1. The molecule has 0 aliphatic rings. The molecule has 7 heteroatoms. The van der Waals surface area contributed by atoms with E-state index in [-0.39, 0.29) is 11.9 Å². The number of aromatic amines is 1. The molecule has 1 amide bonds. The fourth-order valence-corrected chi connectivity index (χ4v) is 1.45. The standard InChI is InChI=1S/C10H14N6O/c1-7(9-12-3-4-13-9)15-10(17)8(2)16-6-11-5-14-16/h3-8H,1-2H3,(H,12,13)(H,15,17). The summed E-state index contributed by atoms with van der Waals surface area (Å²) >= 11 is 0. The van der Waals surface area contributed by atoms with Crippen molar-refractivity contribution in [3.05, 3.63) is 30.9 Å². The molecule has 0 aromatic carbocycles. The van der Waals surface area contributed by atoms with Crippen LogP contribution in [0.3, 0.4) is 0 Å². The van der Waals surface area contributed by atoms with Gasteiger partial charge in [0.1, 0.15) is 24.5 Å². The van der Waals surface area contributed by atoms with Gasteiger partial charge in [0.2, 0.25) is 5.91 Å². The van der Waals surface area contributed by atoms with E-state index in [1.807, 2.05) is 6.92 Å². The van der Waals surface area contributed by atoms with Crippen LogP contribution in [0.15, 0.2) is 25.0 Å². The monoisotopic (exact) mass is 234 g/mol. The largest absolute Gasteiger partial charge is 0.347 e. The summed E-state index contributed by atoms with van der Waals surface area (Å²) in [4.78, 5) is 22.8. The van der Waals surface area contributed by atoms with E-state index in [0.717, 1.165) is 5.82 Å². The Morgan fingerprint density at radius 2 is 2.35 bits per heavy atom. The van der Waals surface area contributed by atoms with E-state index < -0.39 is 6.04 Å². The first-order valence-corrected chi connectivity index (χ1v) is 5.32. The summed E-state index contributed by atoms with van der Waals surface area (Å²) in [7, 11) is 0. The Labute approximate surface area is 98.3 Å². The SMILES string of the molecule is CC(NC(=O)C(C)n1cncn1)c1ncc[nH]1. The molecule has 2 N–H and O–H groups in total. The van der Waals surface area contributed by atoms with E-state index in [4.69, 9.17) is 0 Å². The van der Waals surface area contributed by atoms with Crippen molar-refractivity contribution in [2.24, 2.45) is 0 Å². The second kappa shape index (κ2) is 4.77. The maximum atomic E-state index is 11.9. The van der Waals surface area contributed by atoms with Gasteiger partial charge in [0.25, 0.3) is 0 Å². The van der Waals surface area contributed by atoms with Crippen LogP contribution in [0.2, 0.25) is 0 Å². The summed E-state index contributed by atoms with van der Waals surface area (Å²) in [5.74, 6) is 0.601. The van der Waals surface area contributed by atoms with Crippen molar-refractivity contribution in [2.45, 2.75) is 25.9 Å². The number of amides is 1. The number of carbonyl (C=O) groups is 1. The van der Waals surface area contributed by atoms with Gasteiger partial charge in [0.15, 0.2) is 0 Å². The summed E-state index contributed by atoms with van der Waals surface area (Å²) < 4.78 is 1.50. The number of rotatable bonds is 4. The van der Waals surface area contributed by atoms with Crippen molar-refractivity contribution in [3.63, 3.8) is 0 Å². The van der Waals surface area contributed by atoms with Crippen LogP contribution >= 0.6 is 0 Å². The van der Waals surface area contributed by atoms with Gasteiger partial charge in [0, 0.05) is 12.4 Å². The molecule has 0 aliphatic heterocycles. The zero-order valence-corrected chi connectivity index (χ0v) is 9.66. The molecular weight excluding hydrogens is 220 g/mol. The lowest BCUT2D eigenvalue weighted by atomic mass is 10.2. The maximum absolute atomic E-state index is 11.9. The minimum Gasteiger partial charge on any atom is -0.347 e. The number of nitrogens with zero attached hydrogens (tertiary/aromatic N) is 4. The summed E-state index contributed by atoms with van der Waals surface area (Å²) in [6.07, 6.45) is 6.29. The van der Waals surface area contributed by atoms with E-state index in [1.54, 1.807) is 19.3 Å². The number of H-pyrrole nitrogens is 1. The van der Waals surface area contributed by atoms with Crippen LogP contribution in [0.1, 0.15) is 31.8 Å². The fraction of sp³-hybridized carbons (Fsp3) is 0.400. The predicted octanol–water partition coefficient (Wildman–Crippen LogP) is 0.440. The van der Waals surface area contributed by atoms with Crippen molar-refractivity contribution in [2.75, 3.05) is 0 Å². The Hall–Kier alpha value is -2.18. The van der Waals surface area contributed by atoms with Gasteiger partial charge >= 0.3 is 0 Å². The third kappa shape index (κ3) is 2.49. The van der Waals surface area contributed by atoms with Crippen LogP contribution in [0, 0.1) is 0 Å². The number of hydrogen-bond acceptors (Lipinski definition) is 4. The molecular formula is C10H14N6O. The molecule has 0 aliphatic carbocycles. The van der Waals surface area contributed by atoms with E-state index in [9.17, 15) is 4.79 Å². The summed E-state index contributed by atoms with van der Waals surface area (Å²) in [6.45, 7) is 3.63. The van der Waals surface area contributed by atoms with Crippen LogP contribution in [0.5, 0.6) is 0 Å². The van der Waals surface area contributed by atoms with E-state index >= 15 is 0 Å². The highest BCUT2D eigenvalue weighted by Gasteiger charge is 2.18. The maximum Gasteiger partial charge on any atom is 0.245 e. The highest BCUT2D eigenvalue weighted by Crippen LogP contribution is 2.09. The van der Waals surface area contributed by atoms with Crippen molar-refractivity contribution in [1.29, 1.82) is 0 Å². The molecule has 2 unspecified atom stereocenters. The van der Waals surface area contributed by atoms with E-state index in [1.165, 1.54) is 17.3 Å². The van der Waals surface area contributed by atoms with Crippen LogP contribution in [0.4, 0.5) is 0 Å². The number of hydrogen-bond donors (Lipinski definition) is 2. The van der Waals surface area contributed by atoms with Crippen molar-refractivity contribution >= 4 is 5.91 Å². The lowest BCUT2D eigenvalue weighted by Gasteiger charge is -2.15. The predicted molar refractivity (Wildman–Crippen MR) is 59.9 cm³/mol. The normalized spacial score (nSPS) is 14.2. The Morgan fingerprint density at radius 1 is 1.53 bits per heavy atom. The molecule has 0 fully saturated rings. The molecule has 7 nitrogen and oxygen atoms in total. The van der Waals surface area contributed by atoms with Crippen molar-refractivity contribution in [3.8, 4) is 0 Å². The Bertz CT molecular complexity index is 463. The van der Waals surface area contributed by atoms with Crippen LogP contribution in [-0.2, 0) is 4.79 Å². The highest BCUT2D eigenvalue weighted by molar-refractivity contribution is 5.80. The Kier molecular flexibility index (Phi) is 3.17. The smallest absolute Gasteiger partial charge is 0.245 e. The molecule has 2 aromatic heterocycles. The molecule has 0 saturated carbocycles. The highest BCUT2D eigenvalue weighted by atomic mass is 16.2.